The number of nitrogens with two attached hydrogens (primary N) is 1. The van der Waals surface area contributed by atoms with Crippen LogP contribution in [-0.4, -0.2) is 19.5 Å². The first-order valence-corrected chi connectivity index (χ1v) is 4.59. The van der Waals surface area contributed by atoms with Crippen molar-refractivity contribution in [1.82, 2.24) is 19.5 Å². The molecule has 2 aromatic heterocycles. The van der Waals surface area contributed by atoms with E-state index < -0.39 is 0 Å². The van der Waals surface area contributed by atoms with Gasteiger partial charge in [0.25, 0.3) is 5.56 Å². The SMILES string of the molecule is CC(C)n1c(=O)cnc2cnc(N)nc21. The van der Waals surface area contributed by atoms with Gasteiger partial charge in [0, 0.05) is 6.04 Å². The lowest BCUT2D eigenvalue weighted by molar-refractivity contribution is 0.592. The molecular formula is C9H11N5O. The number of anilines is 1. The third-order valence-corrected chi connectivity index (χ3v) is 2.06. The van der Waals surface area contributed by atoms with Crippen LogP contribution in [0.5, 0.6) is 0 Å². The highest BCUT2D eigenvalue weighted by atomic mass is 16.1. The summed E-state index contributed by atoms with van der Waals surface area (Å²) in [5, 5.41) is 0. The Balaban J connectivity index is 2.91. The van der Waals surface area contributed by atoms with Gasteiger partial charge in [0.1, 0.15) is 5.52 Å². The van der Waals surface area contributed by atoms with Crippen molar-refractivity contribution in [2.75, 3.05) is 5.73 Å². The molecule has 0 aliphatic carbocycles. The molecule has 6 nitrogen and oxygen atoms in total. The van der Waals surface area contributed by atoms with Gasteiger partial charge in [-0.25, -0.2) is 9.97 Å². The summed E-state index contributed by atoms with van der Waals surface area (Å²) in [7, 11) is 0. The molecular weight excluding hydrogens is 194 g/mol. The summed E-state index contributed by atoms with van der Waals surface area (Å²) >= 11 is 0. The fourth-order valence-corrected chi connectivity index (χ4v) is 1.44. The first-order valence-electron chi connectivity index (χ1n) is 4.59. The molecule has 78 valence electrons. The molecule has 0 saturated carbocycles. The number of hydrogen-bond donors (Lipinski definition) is 1. The quantitative estimate of drug-likeness (QED) is 0.725. The fraction of sp³-hybridized carbons (Fsp3) is 0.333. The number of hydrogen-bond acceptors (Lipinski definition) is 5. The van der Waals surface area contributed by atoms with Crippen molar-refractivity contribution >= 4 is 17.1 Å². The second kappa shape index (κ2) is 3.30. The summed E-state index contributed by atoms with van der Waals surface area (Å²) in [5.74, 6) is 0.143. The number of rotatable bonds is 1. The van der Waals surface area contributed by atoms with Crippen LogP contribution in [0.1, 0.15) is 19.9 Å². The Hall–Kier alpha value is -1.98. The van der Waals surface area contributed by atoms with E-state index in [-0.39, 0.29) is 17.5 Å². The second-order valence-electron chi connectivity index (χ2n) is 3.50. The largest absolute Gasteiger partial charge is 0.368 e. The van der Waals surface area contributed by atoms with E-state index in [0.29, 0.717) is 11.2 Å². The van der Waals surface area contributed by atoms with Crippen LogP contribution in [0.15, 0.2) is 17.2 Å². The molecule has 0 saturated heterocycles. The van der Waals surface area contributed by atoms with Gasteiger partial charge < -0.3 is 5.73 Å². The van der Waals surface area contributed by atoms with Crippen LogP contribution in [0.3, 0.4) is 0 Å². The Morgan fingerprint density at radius 1 is 1.33 bits per heavy atom. The smallest absolute Gasteiger partial charge is 0.270 e. The van der Waals surface area contributed by atoms with E-state index >= 15 is 0 Å². The molecule has 2 rings (SSSR count). The molecule has 0 unspecified atom stereocenters. The second-order valence-corrected chi connectivity index (χ2v) is 3.50. The van der Waals surface area contributed by atoms with E-state index in [2.05, 4.69) is 15.0 Å². The Morgan fingerprint density at radius 2 is 2.07 bits per heavy atom. The molecule has 0 aliphatic rings. The fourth-order valence-electron chi connectivity index (χ4n) is 1.44. The molecule has 0 amide bonds. The zero-order valence-corrected chi connectivity index (χ0v) is 8.51. The number of nitrogens with zero attached hydrogens (tertiary/aromatic N) is 4. The first-order chi connectivity index (χ1) is 7.09. The van der Waals surface area contributed by atoms with Gasteiger partial charge in [-0.05, 0) is 13.8 Å². The molecule has 0 aliphatic heterocycles. The average Bonchev–Trinajstić information content (AvgIpc) is 2.16. The van der Waals surface area contributed by atoms with Gasteiger partial charge in [-0.15, -0.1) is 0 Å². The van der Waals surface area contributed by atoms with Gasteiger partial charge in [-0.3, -0.25) is 9.36 Å². The molecule has 2 heterocycles. The number of aromatic nitrogens is 4. The third-order valence-electron chi connectivity index (χ3n) is 2.06. The lowest BCUT2D eigenvalue weighted by Gasteiger charge is -2.11. The van der Waals surface area contributed by atoms with E-state index in [4.69, 9.17) is 5.73 Å². The Kier molecular flexibility index (Phi) is 2.11. The van der Waals surface area contributed by atoms with E-state index in [9.17, 15) is 4.79 Å². The van der Waals surface area contributed by atoms with Crippen LogP contribution in [0, 0.1) is 0 Å². The molecule has 0 atom stereocenters. The summed E-state index contributed by atoms with van der Waals surface area (Å²) in [6.07, 6.45) is 2.78. The van der Waals surface area contributed by atoms with Crippen molar-refractivity contribution < 1.29 is 0 Å². The third kappa shape index (κ3) is 1.54. The van der Waals surface area contributed by atoms with Crippen LogP contribution in [-0.2, 0) is 0 Å². The lowest BCUT2D eigenvalue weighted by Crippen LogP contribution is -2.23. The minimum absolute atomic E-state index is 0.0114. The van der Waals surface area contributed by atoms with Crippen molar-refractivity contribution in [3.05, 3.63) is 22.7 Å². The van der Waals surface area contributed by atoms with Gasteiger partial charge in [0.15, 0.2) is 5.65 Å². The van der Waals surface area contributed by atoms with Gasteiger partial charge in [-0.1, -0.05) is 0 Å². The van der Waals surface area contributed by atoms with E-state index in [1.165, 1.54) is 12.4 Å². The van der Waals surface area contributed by atoms with Crippen molar-refractivity contribution in [1.29, 1.82) is 0 Å². The maximum Gasteiger partial charge on any atom is 0.270 e. The predicted molar refractivity (Wildman–Crippen MR) is 56.4 cm³/mol. The van der Waals surface area contributed by atoms with E-state index in [0.717, 1.165) is 0 Å². The number of fused-ring (bicyclic) bond motifs is 1. The standard InChI is InChI=1S/C9H11N5O/c1-5(2)14-7(15)4-11-6-3-12-9(10)13-8(6)14/h3-5H,1-2H3,(H2,10,12,13). The van der Waals surface area contributed by atoms with Crippen molar-refractivity contribution in [2.24, 2.45) is 0 Å². The average molecular weight is 205 g/mol. The summed E-state index contributed by atoms with van der Waals surface area (Å²) in [4.78, 5) is 23.4. The molecule has 2 N–H and O–H groups in total. The summed E-state index contributed by atoms with van der Waals surface area (Å²) < 4.78 is 1.54. The normalized spacial score (nSPS) is 11.1. The highest BCUT2D eigenvalue weighted by Gasteiger charge is 2.09. The monoisotopic (exact) mass is 205 g/mol. The minimum Gasteiger partial charge on any atom is -0.368 e. The predicted octanol–water partition coefficient (Wildman–Crippen LogP) is 0.350. The number of nitrogen functional groups attached to an aromatic ring is 1. The highest BCUT2D eigenvalue weighted by molar-refractivity contribution is 5.69. The summed E-state index contributed by atoms with van der Waals surface area (Å²) in [5.41, 5.74) is 6.34. The molecule has 15 heavy (non-hydrogen) atoms. The van der Waals surface area contributed by atoms with Crippen LogP contribution in [0.2, 0.25) is 0 Å². The highest BCUT2D eigenvalue weighted by Crippen LogP contribution is 2.10. The Labute approximate surface area is 85.8 Å². The van der Waals surface area contributed by atoms with E-state index in [1.807, 2.05) is 13.8 Å². The van der Waals surface area contributed by atoms with Gasteiger partial charge >= 0.3 is 0 Å². The first kappa shape index (κ1) is 9.57. The Bertz CT molecular complexity index is 560. The minimum atomic E-state index is -0.185. The van der Waals surface area contributed by atoms with Crippen molar-refractivity contribution in [2.45, 2.75) is 19.9 Å². The lowest BCUT2D eigenvalue weighted by atomic mass is 10.3. The summed E-state index contributed by atoms with van der Waals surface area (Å²) in [6, 6.07) is 0.0114. The zero-order chi connectivity index (χ0) is 11.0. The van der Waals surface area contributed by atoms with Crippen LogP contribution in [0.4, 0.5) is 5.95 Å². The van der Waals surface area contributed by atoms with Gasteiger partial charge in [0.2, 0.25) is 5.95 Å². The van der Waals surface area contributed by atoms with Crippen molar-refractivity contribution in [3.63, 3.8) is 0 Å². The van der Waals surface area contributed by atoms with Gasteiger partial charge in [-0.2, -0.15) is 4.98 Å². The summed E-state index contributed by atoms with van der Waals surface area (Å²) in [6.45, 7) is 3.80. The maximum absolute atomic E-state index is 11.6. The van der Waals surface area contributed by atoms with Crippen molar-refractivity contribution in [3.8, 4) is 0 Å². The topological polar surface area (TPSA) is 86.7 Å². The Morgan fingerprint density at radius 3 is 2.73 bits per heavy atom. The molecule has 0 bridgehead atoms. The molecule has 0 fully saturated rings. The molecule has 0 aromatic carbocycles. The molecule has 0 spiro atoms. The van der Waals surface area contributed by atoms with Crippen LogP contribution >= 0.6 is 0 Å². The van der Waals surface area contributed by atoms with Crippen LogP contribution in [0.25, 0.3) is 11.2 Å². The van der Waals surface area contributed by atoms with Gasteiger partial charge in [0.05, 0.1) is 12.4 Å². The molecule has 0 radical (unpaired) electrons. The maximum atomic E-state index is 11.6. The van der Waals surface area contributed by atoms with E-state index in [1.54, 1.807) is 4.57 Å². The molecule has 2 aromatic rings. The zero-order valence-electron chi connectivity index (χ0n) is 8.51. The molecule has 6 heteroatoms. The van der Waals surface area contributed by atoms with Crippen LogP contribution < -0.4 is 11.3 Å².